The van der Waals surface area contributed by atoms with E-state index in [0.29, 0.717) is 5.15 Å². The fourth-order valence-corrected chi connectivity index (χ4v) is 1.41. The van der Waals surface area contributed by atoms with Crippen molar-refractivity contribution in [3.8, 4) is 0 Å². The number of rotatable bonds is 2. The molecule has 0 saturated heterocycles. The third-order valence-corrected chi connectivity index (χ3v) is 2.15. The Balaban J connectivity index is 2.84. The van der Waals surface area contributed by atoms with Gasteiger partial charge in [0.05, 0.1) is 0 Å². The van der Waals surface area contributed by atoms with E-state index in [2.05, 4.69) is 31.1 Å². The second kappa shape index (κ2) is 3.66. The maximum absolute atomic E-state index is 6.07. The first-order valence-electron chi connectivity index (χ1n) is 4.52. The van der Waals surface area contributed by atoms with Crippen LogP contribution in [0.3, 0.4) is 0 Å². The van der Waals surface area contributed by atoms with Crippen LogP contribution in [0.15, 0.2) is 0 Å². The molecule has 0 radical (unpaired) electrons. The summed E-state index contributed by atoms with van der Waals surface area (Å²) < 4.78 is 1.71. The Hall–Kier alpha value is -0.570. The van der Waals surface area contributed by atoms with Crippen LogP contribution in [-0.4, -0.2) is 15.0 Å². The Bertz CT molecular complexity index is 286. The zero-order chi connectivity index (χ0) is 10.1. The molecule has 1 rings (SSSR count). The summed E-state index contributed by atoms with van der Waals surface area (Å²) in [6.45, 7) is 9.26. The first-order chi connectivity index (χ1) is 5.94. The van der Waals surface area contributed by atoms with Gasteiger partial charge in [0, 0.05) is 6.54 Å². The minimum absolute atomic E-state index is 0.207. The van der Waals surface area contributed by atoms with Gasteiger partial charge in [-0.05, 0) is 18.8 Å². The molecule has 0 amide bonds. The molecule has 0 aliphatic carbocycles. The van der Waals surface area contributed by atoms with Crippen LogP contribution in [0.2, 0.25) is 5.15 Å². The summed E-state index contributed by atoms with van der Waals surface area (Å²) in [5, 5.41) is 8.68. The third kappa shape index (κ3) is 2.69. The summed E-state index contributed by atoms with van der Waals surface area (Å²) in [5.41, 5.74) is 1.11. The lowest BCUT2D eigenvalue weighted by molar-refractivity contribution is 0.406. The highest BCUT2D eigenvalue weighted by molar-refractivity contribution is 6.30. The minimum atomic E-state index is 0.207. The van der Waals surface area contributed by atoms with Crippen molar-refractivity contribution in [3.63, 3.8) is 0 Å². The predicted molar refractivity (Wildman–Crippen MR) is 53.9 cm³/mol. The van der Waals surface area contributed by atoms with Crippen LogP contribution in [0.1, 0.15) is 33.4 Å². The second-order valence-electron chi connectivity index (χ2n) is 4.38. The van der Waals surface area contributed by atoms with Gasteiger partial charge >= 0.3 is 0 Å². The van der Waals surface area contributed by atoms with E-state index in [1.807, 2.05) is 6.92 Å². The van der Waals surface area contributed by atoms with Crippen molar-refractivity contribution in [1.29, 1.82) is 0 Å². The van der Waals surface area contributed by atoms with Crippen molar-refractivity contribution in [1.82, 2.24) is 15.0 Å². The smallest absolute Gasteiger partial charge is 0.150 e. The van der Waals surface area contributed by atoms with E-state index in [1.54, 1.807) is 4.68 Å². The molecule has 13 heavy (non-hydrogen) atoms. The standard InChI is InChI=1S/C9H16ClN3/c1-5-13-8(10)7(11-12-13)6-9(2,3)4/h5-6H2,1-4H3. The van der Waals surface area contributed by atoms with Crippen molar-refractivity contribution in [2.75, 3.05) is 0 Å². The van der Waals surface area contributed by atoms with Gasteiger partial charge < -0.3 is 0 Å². The molecule has 1 aromatic heterocycles. The molecule has 0 unspecified atom stereocenters. The number of hydrogen-bond acceptors (Lipinski definition) is 2. The van der Waals surface area contributed by atoms with Crippen LogP contribution >= 0.6 is 11.6 Å². The number of halogens is 1. The highest BCUT2D eigenvalue weighted by atomic mass is 35.5. The van der Waals surface area contributed by atoms with Gasteiger partial charge in [-0.3, -0.25) is 0 Å². The molecule has 74 valence electrons. The van der Waals surface area contributed by atoms with Gasteiger partial charge in [0.15, 0.2) is 5.15 Å². The van der Waals surface area contributed by atoms with Crippen molar-refractivity contribution in [2.45, 2.75) is 40.7 Å². The first-order valence-corrected chi connectivity index (χ1v) is 4.89. The lowest BCUT2D eigenvalue weighted by Gasteiger charge is -2.15. The van der Waals surface area contributed by atoms with Gasteiger partial charge in [-0.25, -0.2) is 4.68 Å². The monoisotopic (exact) mass is 201 g/mol. The highest BCUT2D eigenvalue weighted by Crippen LogP contribution is 2.23. The van der Waals surface area contributed by atoms with Crippen molar-refractivity contribution in [2.24, 2.45) is 5.41 Å². The van der Waals surface area contributed by atoms with E-state index >= 15 is 0 Å². The van der Waals surface area contributed by atoms with Crippen LogP contribution in [0.25, 0.3) is 0 Å². The number of aromatic nitrogens is 3. The van der Waals surface area contributed by atoms with E-state index < -0.39 is 0 Å². The maximum Gasteiger partial charge on any atom is 0.150 e. The summed E-state index contributed by atoms with van der Waals surface area (Å²) in [7, 11) is 0. The molecule has 0 aliphatic rings. The van der Waals surface area contributed by atoms with E-state index in [0.717, 1.165) is 18.7 Å². The SMILES string of the molecule is CCn1nnc(CC(C)(C)C)c1Cl. The molecular formula is C9H16ClN3. The average molecular weight is 202 g/mol. The number of hydrogen-bond donors (Lipinski definition) is 0. The third-order valence-electron chi connectivity index (χ3n) is 1.74. The lowest BCUT2D eigenvalue weighted by atomic mass is 9.91. The Kier molecular flexibility index (Phi) is 2.96. The fourth-order valence-electron chi connectivity index (χ4n) is 1.15. The lowest BCUT2D eigenvalue weighted by Crippen LogP contribution is -2.10. The molecule has 0 spiro atoms. The molecule has 1 aromatic rings. The molecule has 0 aromatic carbocycles. The van der Waals surface area contributed by atoms with Crippen molar-refractivity contribution >= 4 is 11.6 Å². The molecule has 1 heterocycles. The largest absolute Gasteiger partial charge is 0.234 e. The average Bonchev–Trinajstić information content (AvgIpc) is 2.30. The number of nitrogens with zero attached hydrogens (tertiary/aromatic N) is 3. The fraction of sp³-hybridized carbons (Fsp3) is 0.778. The van der Waals surface area contributed by atoms with Crippen molar-refractivity contribution < 1.29 is 0 Å². The van der Waals surface area contributed by atoms with Crippen molar-refractivity contribution in [3.05, 3.63) is 10.8 Å². The van der Waals surface area contributed by atoms with E-state index in [1.165, 1.54) is 0 Å². The summed E-state index contributed by atoms with van der Waals surface area (Å²) in [5.74, 6) is 0. The van der Waals surface area contributed by atoms with E-state index in [9.17, 15) is 0 Å². The molecule has 0 aliphatic heterocycles. The molecule has 0 atom stereocenters. The second-order valence-corrected chi connectivity index (χ2v) is 4.74. The Morgan fingerprint density at radius 3 is 2.38 bits per heavy atom. The zero-order valence-corrected chi connectivity index (χ0v) is 9.39. The van der Waals surface area contributed by atoms with Gasteiger partial charge in [-0.1, -0.05) is 37.6 Å². The van der Waals surface area contributed by atoms with Gasteiger partial charge in [0.2, 0.25) is 0 Å². The van der Waals surface area contributed by atoms with Crippen LogP contribution in [0.4, 0.5) is 0 Å². The van der Waals surface area contributed by atoms with E-state index in [4.69, 9.17) is 11.6 Å². The van der Waals surface area contributed by atoms with Gasteiger partial charge in [0.1, 0.15) is 5.69 Å². The van der Waals surface area contributed by atoms with Crippen LogP contribution in [0, 0.1) is 5.41 Å². The summed E-state index contributed by atoms with van der Waals surface area (Å²) in [6, 6.07) is 0. The Morgan fingerprint density at radius 2 is 2.00 bits per heavy atom. The summed E-state index contributed by atoms with van der Waals surface area (Å²) in [6.07, 6.45) is 0.867. The quantitative estimate of drug-likeness (QED) is 0.737. The first kappa shape index (κ1) is 10.5. The predicted octanol–water partition coefficient (Wildman–Crippen LogP) is 2.54. The summed E-state index contributed by atoms with van der Waals surface area (Å²) >= 11 is 6.07. The normalized spacial score (nSPS) is 12.1. The van der Waals surface area contributed by atoms with Gasteiger partial charge in [-0.15, -0.1) is 5.10 Å². The van der Waals surface area contributed by atoms with Gasteiger partial charge in [0.25, 0.3) is 0 Å². The van der Waals surface area contributed by atoms with E-state index in [-0.39, 0.29) is 5.41 Å². The molecule has 3 nitrogen and oxygen atoms in total. The Morgan fingerprint density at radius 1 is 1.38 bits per heavy atom. The minimum Gasteiger partial charge on any atom is -0.234 e. The zero-order valence-electron chi connectivity index (χ0n) is 8.63. The Labute approximate surface area is 84.1 Å². The molecule has 4 heteroatoms. The topological polar surface area (TPSA) is 30.7 Å². The highest BCUT2D eigenvalue weighted by Gasteiger charge is 2.17. The summed E-state index contributed by atoms with van der Waals surface area (Å²) in [4.78, 5) is 0. The maximum atomic E-state index is 6.07. The van der Waals surface area contributed by atoms with Crippen LogP contribution in [0.5, 0.6) is 0 Å². The van der Waals surface area contributed by atoms with Crippen LogP contribution in [-0.2, 0) is 13.0 Å². The molecule has 0 saturated carbocycles. The molecule has 0 bridgehead atoms. The molecular weight excluding hydrogens is 186 g/mol. The molecule has 0 N–H and O–H groups in total. The number of aryl methyl sites for hydroxylation is 1. The van der Waals surface area contributed by atoms with Crippen LogP contribution < -0.4 is 0 Å². The van der Waals surface area contributed by atoms with Gasteiger partial charge in [-0.2, -0.15) is 0 Å². The molecule has 0 fully saturated rings.